The standard InChI is InChI=1S/C33H30N3O2/c1-18(2)13-21-15-25-27(23-12-8-7-11-22(21)23)29-31(33(29,37)38-4)36-17-34-32-28(30(25)36)24-14-19-9-5-6-10-20(19)16-26(24)35(32)3/h5-12,14-18,29,31,37H,13H2,1-4H3/q+1. The average molecular weight is 501 g/mol. The van der Waals surface area contributed by atoms with E-state index >= 15 is 0 Å². The van der Waals surface area contributed by atoms with Crippen LogP contribution < -0.4 is 4.57 Å². The molecule has 188 valence electrons. The lowest BCUT2D eigenvalue weighted by molar-refractivity contribution is -0.704. The van der Waals surface area contributed by atoms with Crippen molar-refractivity contribution < 1.29 is 14.4 Å². The number of benzene rings is 4. The lowest BCUT2D eigenvalue weighted by Gasteiger charge is -2.21. The molecule has 1 aliphatic heterocycles. The molecule has 0 bridgehead atoms. The first-order chi connectivity index (χ1) is 18.4. The summed E-state index contributed by atoms with van der Waals surface area (Å²) in [7, 11) is 3.72. The molecule has 0 saturated heterocycles. The van der Waals surface area contributed by atoms with E-state index in [1.165, 1.54) is 43.6 Å². The first-order valence-corrected chi connectivity index (χ1v) is 13.5. The van der Waals surface area contributed by atoms with Gasteiger partial charge in [0.05, 0.1) is 11.4 Å². The van der Waals surface area contributed by atoms with Gasteiger partial charge >= 0.3 is 0 Å². The van der Waals surface area contributed by atoms with Crippen LogP contribution in [0, 0.1) is 5.92 Å². The Labute approximate surface area is 220 Å². The topological polar surface area (TPSA) is 51.2 Å². The normalized spacial score (nSPS) is 21.8. The van der Waals surface area contributed by atoms with Gasteiger partial charge in [0.1, 0.15) is 11.1 Å². The molecule has 3 unspecified atom stereocenters. The van der Waals surface area contributed by atoms with Gasteiger partial charge in [-0.1, -0.05) is 62.4 Å². The number of aromatic nitrogens is 3. The maximum absolute atomic E-state index is 11.7. The van der Waals surface area contributed by atoms with Crippen molar-refractivity contribution in [1.29, 1.82) is 0 Å². The lowest BCUT2D eigenvalue weighted by Crippen LogP contribution is -2.41. The quantitative estimate of drug-likeness (QED) is 0.233. The third-order valence-corrected chi connectivity index (χ3v) is 8.90. The molecule has 0 amide bonds. The van der Waals surface area contributed by atoms with Crippen LogP contribution in [0.5, 0.6) is 0 Å². The van der Waals surface area contributed by atoms with E-state index in [1.807, 2.05) is 6.33 Å². The van der Waals surface area contributed by atoms with E-state index < -0.39 is 5.79 Å². The van der Waals surface area contributed by atoms with Crippen LogP contribution in [0.25, 0.3) is 54.7 Å². The van der Waals surface area contributed by atoms with E-state index in [4.69, 9.17) is 9.72 Å². The minimum absolute atomic E-state index is 0.145. The fraction of sp³-hybridized carbons (Fsp3) is 0.273. The van der Waals surface area contributed by atoms with Crippen LogP contribution in [0.3, 0.4) is 0 Å². The number of aliphatic hydroxyl groups is 1. The molecule has 1 fully saturated rings. The Morgan fingerprint density at radius 1 is 1.00 bits per heavy atom. The Kier molecular flexibility index (Phi) is 4.33. The van der Waals surface area contributed by atoms with Crippen LogP contribution in [0.15, 0.2) is 73.1 Å². The van der Waals surface area contributed by atoms with E-state index in [1.54, 1.807) is 7.11 Å². The van der Waals surface area contributed by atoms with Crippen LogP contribution in [0.1, 0.15) is 36.9 Å². The summed E-state index contributed by atoms with van der Waals surface area (Å²) in [5.74, 6) is -0.884. The monoisotopic (exact) mass is 500 g/mol. The Hall–Kier alpha value is -3.80. The summed E-state index contributed by atoms with van der Waals surface area (Å²) >= 11 is 0. The van der Waals surface area contributed by atoms with Crippen molar-refractivity contribution in [3.63, 3.8) is 0 Å². The average Bonchev–Trinajstić information content (AvgIpc) is 3.46. The van der Waals surface area contributed by atoms with Crippen molar-refractivity contribution >= 4 is 43.5 Å². The number of nitrogens with zero attached hydrogens (tertiary/aromatic N) is 3. The van der Waals surface area contributed by atoms with Crippen molar-refractivity contribution in [3.05, 3.63) is 84.2 Å². The highest BCUT2D eigenvalue weighted by molar-refractivity contribution is 6.16. The van der Waals surface area contributed by atoms with Crippen LogP contribution in [0.2, 0.25) is 0 Å². The third-order valence-electron chi connectivity index (χ3n) is 8.90. The Morgan fingerprint density at radius 2 is 1.71 bits per heavy atom. The maximum atomic E-state index is 11.7. The van der Waals surface area contributed by atoms with Gasteiger partial charge in [-0.15, -0.1) is 0 Å². The van der Waals surface area contributed by atoms with Crippen LogP contribution in [-0.2, 0) is 18.2 Å². The summed E-state index contributed by atoms with van der Waals surface area (Å²) in [6.45, 7) is 4.55. The van der Waals surface area contributed by atoms with Crippen molar-refractivity contribution in [2.75, 3.05) is 7.11 Å². The summed E-state index contributed by atoms with van der Waals surface area (Å²) in [6.07, 6.45) is 2.90. The maximum Gasteiger partial charge on any atom is 0.289 e. The van der Waals surface area contributed by atoms with E-state index in [-0.39, 0.29) is 12.0 Å². The summed E-state index contributed by atoms with van der Waals surface area (Å²) in [5.41, 5.74) is 6.94. The molecule has 4 aromatic carbocycles. The molecule has 3 atom stereocenters. The Morgan fingerprint density at radius 3 is 2.45 bits per heavy atom. The molecule has 6 aromatic rings. The van der Waals surface area contributed by atoms with E-state index in [0.29, 0.717) is 5.92 Å². The van der Waals surface area contributed by atoms with Crippen molar-refractivity contribution in [3.8, 4) is 11.3 Å². The predicted octanol–water partition coefficient (Wildman–Crippen LogP) is 6.17. The van der Waals surface area contributed by atoms with Gasteiger partial charge in [0.15, 0.2) is 6.04 Å². The zero-order valence-corrected chi connectivity index (χ0v) is 22.1. The molecule has 3 heterocycles. The number of methoxy groups -OCH3 is 1. The van der Waals surface area contributed by atoms with Crippen LogP contribution >= 0.6 is 0 Å². The molecule has 0 radical (unpaired) electrons. The Balaban J connectivity index is 1.57. The summed E-state index contributed by atoms with van der Waals surface area (Å²) in [6, 6.07) is 23.9. The molecule has 5 heteroatoms. The van der Waals surface area contributed by atoms with E-state index in [0.717, 1.165) is 28.7 Å². The molecule has 1 N–H and O–H groups in total. The van der Waals surface area contributed by atoms with Gasteiger partial charge in [0.2, 0.25) is 5.79 Å². The minimum Gasteiger partial charge on any atom is -0.362 e. The van der Waals surface area contributed by atoms with Crippen molar-refractivity contribution in [2.24, 2.45) is 13.0 Å². The Bertz CT molecular complexity index is 1970. The highest BCUT2D eigenvalue weighted by Gasteiger charge is 2.74. The highest BCUT2D eigenvalue weighted by Crippen LogP contribution is 2.64. The number of aryl methyl sites for hydroxylation is 1. The number of hydrogen-bond donors (Lipinski definition) is 1. The first-order valence-electron chi connectivity index (χ1n) is 13.5. The molecule has 0 spiro atoms. The zero-order valence-electron chi connectivity index (χ0n) is 22.1. The van der Waals surface area contributed by atoms with Gasteiger partial charge in [0.25, 0.3) is 12.0 Å². The number of hydrogen-bond acceptors (Lipinski definition) is 3. The van der Waals surface area contributed by atoms with Crippen LogP contribution in [-0.4, -0.2) is 27.6 Å². The molecule has 8 rings (SSSR count). The number of ether oxygens (including phenoxy) is 1. The summed E-state index contributed by atoms with van der Waals surface area (Å²) in [5, 5.41) is 18.9. The first kappa shape index (κ1) is 22.2. The van der Waals surface area contributed by atoms with Gasteiger partial charge in [-0.25, -0.2) is 4.57 Å². The van der Waals surface area contributed by atoms with Gasteiger partial charge in [-0.05, 0) is 68.2 Å². The molecular weight excluding hydrogens is 470 g/mol. The van der Waals surface area contributed by atoms with Gasteiger partial charge in [0, 0.05) is 25.1 Å². The zero-order chi connectivity index (χ0) is 25.9. The summed E-state index contributed by atoms with van der Waals surface area (Å²) < 4.78 is 10.2. The second-order valence-electron chi connectivity index (χ2n) is 11.5. The van der Waals surface area contributed by atoms with Gasteiger partial charge in [-0.2, -0.15) is 0 Å². The number of rotatable bonds is 3. The predicted molar refractivity (Wildman–Crippen MR) is 151 cm³/mol. The lowest BCUT2D eigenvalue weighted by atomic mass is 9.85. The molecule has 5 nitrogen and oxygen atoms in total. The van der Waals surface area contributed by atoms with Crippen molar-refractivity contribution in [1.82, 2.24) is 9.55 Å². The van der Waals surface area contributed by atoms with Gasteiger partial charge in [-0.3, -0.25) is 0 Å². The molecule has 2 aromatic heterocycles. The SMILES string of the molecule is COC1(O)C2c3c(cc(CC(C)C)c4ccccc34)-c3c4c5cc6ccccc6cc5n(C)c4nc[n+]3C21. The molecule has 1 aliphatic carbocycles. The molecular formula is C33H30N3O2+. The third kappa shape index (κ3) is 2.68. The molecule has 1 saturated carbocycles. The fourth-order valence-electron chi connectivity index (χ4n) is 7.20. The molecule has 38 heavy (non-hydrogen) atoms. The molecule has 2 aliphatic rings. The van der Waals surface area contributed by atoms with Gasteiger partial charge < -0.3 is 14.4 Å². The van der Waals surface area contributed by atoms with Crippen LogP contribution in [0.4, 0.5) is 0 Å². The van der Waals surface area contributed by atoms with E-state index in [9.17, 15) is 5.11 Å². The largest absolute Gasteiger partial charge is 0.362 e. The fourth-order valence-corrected chi connectivity index (χ4v) is 7.20. The number of fused-ring (bicyclic) bond motifs is 13. The second kappa shape index (κ2) is 7.40. The van der Waals surface area contributed by atoms with Crippen molar-refractivity contribution in [2.45, 2.75) is 38.0 Å². The summed E-state index contributed by atoms with van der Waals surface area (Å²) in [4.78, 5) is 4.96. The minimum atomic E-state index is -1.26. The smallest absolute Gasteiger partial charge is 0.289 e. The second-order valence-corrected chi connectivity index (χ2v) is 11.5. The van der Waals surface area contributed by atoms with E-state index in [2.05, 4.69) is 96.8 Å². The highest BCUT2D eigenvalue weighted by atomic mass is 16.6.